The highest BCUT2D eigenvalue weighted by Crippen LogP contribution is 2.26. The fourth-order valence-electron chi connectivity index (χ4n) is 2.86. The van der Waals surface area contributed by atoms with Gasteiger partial charge in [0.15, 0.2) is 0 Å². The predicted molar refractivity (Wildman–Crippen MR) is 86.4 cm³/mol. The largest absolute Gasteiger partial charge is 0.381 e. The van der Waals surface area contributed by atoms with Crippen LogP contribution in [0.2, 0.25) is 0 Å². The average Bonchev–Trinajstić information content (AvgIpc) is 2.99. The molecule has 2 nitrogen and oxygen atoms in total. The zero-order valence-electron chi connectivity index (χ0n) is 12.4. The molecule has 3 rings (SSSR count). The monoisotopic (exact) mass is 284 g/mol. The van der Waals surface area contributed by atoms with Gasteiger partial charge in [0.2, 0.25) is 0 Å². The third-order valence-electron chi connectivity index (χ3n) is 3.97. The third-order valence-corrected chi connectivity index (χ3v) is 3.97. The predicted octanol–water partition coefficient (Wildman–Crippen LogP) is 4.35. The van der Waals surface area contributed by atoms with Crippen LogP contribution in [0.25, 0.3) is 0 Å². The van der Waals surface area contributed by atoms with E-state index in [0.717, 1.165) is 37.3 Å². The average molecular weight is 284 g/mol. The van der Waals surface area contributed by atoms with Gasteiger partial charge in [-0.3, -0.25) is 0 Å². The molecule has 2 aromatic rings. The van der Waals surface area contributed by atoms with Gasteiger partial charge in [-0.25, -0.2) is 4.39 Å². The Hall–Kier alpha value is -2.03. The van der Waals surface area contributed by atoms with Crippen molar-refractivity contribution in [2.75, 3.05) is 23.3 Å². The summed E-state index contributed by atoms with van der Waals surface area (Å²) in [5.41, 5.74) is 4.01. The minimum atomic E-state index is -0.133. The van der Waals surface area contributed by atoms with Gasteiger partial charge in [-0.15, -0.1) is 0 Å². The van der Waals surface area contributed by atoms with E-state index in [1.54, 1.807) is 6.07 Å². The van der Waals surface area contributed by atoms with E-state index in [2.05, 4.69) is 35.3 Å². The number of rotatable bonds is 4. The lowest BCUT2D eigenvalue weighted by Crippen LogP contribution is -2.18. The summed E-state index contributed by atoms with van der Waals surface area (Å²) in [5, 5.41) is 3.29. The quantitative estimate of drug-likeness (QED) is 0.898. The summed E-state index contributed by atoms with van der Waals surface area (Å²) in [6.45, 7) is 4.72. The van der Waals surface area contributed by atoms with Crippen LogP contribution in [0.3, 0.4) is 0 Å². The maximum absolute atomic E-state index is 14.2. The number of halogens is 1. The van der Waals surface area contributed by atoms with Gasteiger partial charge >= 0.3 is 0 Å². The SMILES string of the molecule is Cc1cccc(CNc2ccc(N3CCCC3)c(F)c2)c1. The summed E-state index contributed by atoms with van der Waals surface area (Å²) in [5.74, 6) is -0.133. The molecule has 110 valence electrons. The zero-order valence-corrected chi connectivity index (χ0v) is 12.4. The molecule has 0 unspecified atom stereocenters. The molecule has 21 heavy (non-hydrogen) atoms. The van der Waals surface area contributed by atoms with Crippen molar-refractivity contribution >= 4 is 11.4 Å². The van der Waals surface area contributed by atoms with Crippen molar-refractivity contribution in [3.05, 3.63) is 59.4 Å². The van der Waals surface area contributed by atoms with Gasteiger partial charge in [0.05, 0.1) is 5.69 Å². The molecular weight excluding hydrogens is 263 g/mol. The van der Waals surface area contributed by atoms with Crippen molar-refractivity contribution in [1.82, 2.24) is 0 Å². The Bertz CT molecular complexity index is 618. The molecule has 0 spiro atoms. The van der Waals surface area contributed by atoms with Crippen molar-refractivity contribution in [2.24, 2.45) is 0 Å². The summed E-state index contributed by atoms with van der Waals surface area (Å²) in [6, 6.07) is 13.8. The highest BCUT2D eigenvalue weighted by Gasteiger charge is 2.16. The Balaban J connectivity index is 1.67. The summed E-state index contributed by atoms with van der Waals surface area (Å²) >= 11 is 0. The van der Waals surface area contributed by atoms with Crippen LogP contribution in [0, 0.1) is 12.7 Å². The lowest BCUT2D eigenvalue weighted by atomic mass is 10.1. The van der Waals surface area contributed by atoms with Crippen molar-refractivity contribution in [3.8, 4) is 0 Å². The molecule has 0 atom stereocenters. The Morgan fingerprint density at radius 3 is 2.62 bits per heavy atom. The maximum Gasteiger partial charge on any atom is 0.148 e. The van der Waals surface area contributed by atoms with Crippen LogP contribution in [0.1, 0.15) is 24.0 Å². The molecule has 1 aliphatic rings. The van der Waals surface area contributed by atoms with E-state index in [1.165, 1.54) is 11.1 Å². The van der Waals surface area contributed by atoms with Crippen LogP contribution in [-0.2, 0) is 6.54 Å². The normalized spacial score (nSPS) is 14.5. The first-order valence-electron chi connectivity index (χ1n) is 7.56. The summed E-state index contributed by atoms with van der Waals surface area (Å²) < 4.78 is 14.2. The van der Waals surface area contributed by atoms with Crippen molar-refractivity contribution < 1.29 is 4.39 Å². The molecule has 1 aliphatic heterocycles. The van der Waals surface area contributed by atoms with Crippen LogP contribution in [0.15, 0.2) is 42.5 Å². The first-order valence-corrected chi connectivity index (χ1v) is 7.56. The van der Waals surface area contributed by atoms with Gasteiger partial charge in [0, 0.05) is 25.3 Å². The molecule has 0 radical (unpaired) electrons. The Labute approximate surface area is 125 Å². The van der Waals surface area contributed by atoms with Crippen LogP contribution in [0.4, 0.5) is 15.8 Å². The van der Waals surface area contributed by atoms with Gasteiger partial charge < -0.3 is 10.2 Å². The molecule has 2 aromatic carbocycles. The van der Waals surface area contributed by atoms with Crippen LogP contribution in [-0.4, -0.2) is 13.1 Å². The molecule has 3 heteroatoms. The number of benzene rings is 2. The third kappa shape index (κ3) is 3.35. The first-order chi connectivity index (χ1) is 10.2. The highest BCUT2D eigenvalue weighted by molar-refractivity contribution is 5.56. The zero-order chi connectivity index (χ0) is 14.7. The Morgan fingerprint density at radius 1 is 1.10 bits per heavy atom. The molecule has 1 saturated heterocycles. The van der Waals surface area contributed by atoms with E-state index < -0.39 is 0 Å². The lowest BCUT2D eigenvalue weighted by molar-refractivity contribution is 0.623. The summed E-state index contributed by atoms with van der Waals surface area (Å²) in [6.07, 6.45) is 2.32. The van der Waals surface area contributed by atoms with Gasteiger partial charge in [-0.2, -0.15) is 0 Å². The molecule has 1 N–H and O–H groups in total. The molecule has 1 fully saturated rings. The molecular formula is C18H21FN2. The Morgan fingerprint density at radius 2 is 1.90 bits per heavy atom. The number of nitrogens with one attached hydrogen (secondary N) is 1. The highest BCUT2D eigenvalue weighted by atomic mass is 19.1. The molecule has 0 bridgehead atoms. The van der Waals surface area contributed by atoms with Crippen LogP contribution < -0.4 is 10.2 Å². The first kappa shape index (κ1) is 13.9. The maximum atomic E-state index is 14.2. The Kier molecular flexibility index (Phi) is 4.09. The van der Waals surface area contributed by atoms with Gasteiger partial charge in [-0.1, -0.05) is 29.8 Å². The molecule has 0 aliphatic carbocycles. The van der Waals surface area contributed by atoms with E-state index in [1.807, 2.05) is 18.2 Å². The lowest BCUT2D eigenvalue weighted by Gasteiger charge is -2.19. The smallest absolute Gasteiger partial charge is 0.148 e. The van der Waals surface area contributed by atoms with Crippen molar-refractivity contribution in [1.29, 1.82) is 0 Å². The van der Waals surface area contributed by atoms with E-state index in [4.69, 9.17) is 0 Å². The standard InChI is InChI=1S/C18H21FN2/c1-14-5-4-6-15(11-14)13-20-16-7-8-18(17(19)12-16)21-9-2-3-10-21/h4-8,11-12,20H,2-3,9-10,13H2,1H3. The van der Waals surface area contributed by atoms with Gasteiger partial charge in [0.25, 0.3) is 0 Å². The summed E-state index contributed by atoms with van der Waals surface area (Å²) in [4.78, 5) is 2.12. The molecule has 1 heterocycles. The van der Waals surface area contributed by atoms with Gasteiger partial charge in [-0.05, 0) is 43.5 Å². The number of nitrogens with zero attached hydrogens (tertiary/aromatic N) is 1. The fourth-order valence-corrected chi connectivity index (χ4v) is 2.86. The number of aryl methyl sites for hydroxylation is 1. The van der Waals surface area contributed by atoms with Crippen molar-refractivity contribution in [2.45, 2.75) is 26.3 Å². The fraction of sp³-hybridized carbons (Fsp3) is 0.333. The molecule has 0 saturated carbocycles. The van der Waals surface area contributed by atoms with E-state index >= 15 is 0 Å². The molecule has 0 aromatic heterocycles. The number of hydrogen-bond acceptors (Lipinski definition) is 2. The van der Waals surface area contributed by atoms with Gasteiger partial charge in [0.1, 0.15) is 5.82 Å². The topological polar surface area (TPSA) is 15.3 Å². The number of hydrogen-bond donors (Lipinski definition) is 1. The molecule has 0 amide bonds. The number of anilines is 2. The summed E-state index contributed by atoms with van der Waals surface area (Å²) in [7, 11) is 0. The van der Waals surface area contributed by atoms with Crippen LogP contribution in [0.5, 0.6) is 0 Å². The van der Waals surface area contributed by atoms with E-state index in [9.17, 15) is 4.39 Å². The van der Waals surface area contributed by atoms with E-state index in [0.29, 0.717) is 6.54 Å². The minimum absolute atomic E-state index is 0.133. The minimum Gasteiger partial charge on any atom is -0.381 e. The second kappa shape index (κ2) is 6.17. The van der Waals surface area contributed by atoms with E-state index in [-0.39, 0.29) is 5.82 Å². The van der Waals surface area contributed by atoms with Crippen LogP contribution >= 0.6 is 0 Å². The van der Waals surface area contributed by atoms with Crippen molar-refractivity contribution in [3.63, 3.8) is 0 Å². The second-order valence-corrected chi connectivity index (χ2v) is 5.70. The second-order valence-electron chi connectivity index (χ2n) is 5.70.